The van der Waals surface area contributed by atoms with Gasteiger partial charge in [0.15, 0.2) is 0 Å². The predicted molar refractivity (Wildman–Crippen MR) is 159 cm³/mol. The SMILES string of the molecule is O=C(Cc1cccc2ccccc12)NC(CSC(c1ccccc1)(c1ccccc1)c1ccccc1)C(=O)O. The first-order valence-corrected chi connectivity index (χ1v) is 13.9. The summed E-state index contributed by atoms with van der Waals surface area (Å²) in [4.78, 5) is 25.5. The molecule has 0 radical (unpaired) electrons. The molecule has 0 saturated heterocycles. The Bertz CT molecular complexity index is 1450. The second-order valence-corrected chi connectivity index (χ2v) is 10.6. The number of amides is 1. The summed E-state index contributed by atoms with van der Waals surface area (Å²) in [6, 6.07) is 43.0. The number of carboxylic acid groups (broad SMARTS) is 1. The zero-order chi connectivity index (χ0) is 27.1. The van der Waals surface area contributed by atoms with E-state index < -0.39 is 16.8 Å². The van der Waals surface area contributed by atoms with Gasteiger partial charge in [0.25, 0.3) is 0 Å². The number of thioether (sulfide) groups is 1. The summed E-state index contributed by atoms with van der Waals surface area (Å²) in [7, 11) is 0. The highest BCUT2D eigenvalue weighted by atomic mass is 32.2. The molecule has 4 nitrogen and oxygen atoms in total. The molecule has 0 aromatic heterocycles. The molecule has 0 aliphatic carbocycles. The molecule has 1 atom stereocenters. The predicted octanol–water partition coefficient (Wildman–Crippen LogP) is 6.68. The number of aliphatic carboxylic acids is 1. The second kappa shape index (κ2) is 12.0. The summed E-state index contributed by atoms with van der Waals surface area (Å²) in [6.45, 7) is 0. The van der Waals surface area contributed by atoms with Crippen molar-refractivity contribution in [2.75, 3.05) is 5.75 Å². The fourth-order valence-electron chi connectivity index (χ4n) is 5.02. The van der Waals surface area contributed by atoms with Crippen LogP contribution in [0.1, 0.15) is 22.3 Å². The molecule has 0 spiro atoms. The molecule has 194 valence electrons. The van der Waals surface area contributed by atoms with Crippen LogP contribution in [-0.4, -0.2) is 28.8 Å². The number of nitrogens with one attached hydrogen (secondary N) is 1. The van der Waals surface area contributed by atoms with Crippen molar-refractivity contribution in [3.05, 3.63) is 156 Å². The van der Waals surface area contributed by atoms with Crippen LogP contribution in [0.15, 0.2) is 133 Å². The van der Waals surface area contributed by atoms with E-state index in [0.29, 0.717) is 0 Å². The maximum atomic E-state index is 13.1. The zero-order valence-electron chi connectivity index (χ0n) is 21.4. The van der Waals surface area contributed by atoms with Gasteiger partial charge in [-0.3, -0.25) is 4.79 Å². The van der Waals surface area contributed by atoms with Crippen LogP contribution in [0.3, 0.4) is 0 Å². The number of carboxylic acids is 1. The van der Waals surface area contributed by atoms with Crippen molar-refractivity contribution >= 4 is 34.4 Å². The number of fused-ring (bicyclic) bond motifs is 1. The highest BCUT2D eigenvalue weighted by Crippen LogP contribution is 2.48. The van der Waals surface area contributed by atoms with E-state index in [2.05, 4.69) is 41.7 Å². The maximum absolute atomic E-state index is 13.1. The number of carbonyl (C=O) groups excluding carboxylic acids is 1. The Morgan fingerprint density at radius 1 is 0.667 bits per heavy atom. The normalized spacial score (nSPS) is 12.1. The molecule has 0 heterocycles. The molecule has 5 rings (SSSR count). The van der Waals surface area contributed by atoms with Crippen molar-refractivity contribution in [2.24, 2.45) is 0 Å². The van der Waals surface area contributed by atoms with Crippen LogP contribution in [-0.2, 0) is 20.8 Å². The number of hydrogen-bond donors (Lipinski definition) is 2. The smallest absolute Gasteiger partial charge is 0.327 e. The van der Waals surface area contributed by atoms with E-state index in [4.69, 9.17) is 0 Å². The molecule has 5 aromatic rings. The lowest BCUT2D eigenvalue weighted by Crippen LogP contribution is -2.44. The van der Waals surface area contributed by atoms with Crippen LogP contribution in [0.2, 0.25) is 0 Å². The minimum absolute atomic E-state index is 0.108. The first-order chi connectivity index (χ1) is 19.1. The largest absolute Gasteiger partial charge is 0.480 e. The molecule has 1 unspecified atom stereocenters. The molecule has 0 bridgehead atoms. The van der Waals surface area contributed by atoms with Crippen molar-refractivity contribution in [1.29, 1.82) is 0 Å². The van der Waals surface area contributed by atoms with Crippen molar-refractivity contribution < 1.29 is 14.7 Å². The van der Waals surface area contributed by atoms with Crippen LogP contribution < -0.4 is 5.32 Å². The van der Waals surface area contributed by atoms with Gasteiger partial charge < -0.3 is 10.4 Å². The first kappa shape index (κ1) is 26.3. The summed E-state index contributed by atoms with van der Waals surface area (Å²) >= 11 is 1.52. The van der Waals surface area contributed by atoms with Crippen LogP contribution in [0.5, 0.6) is 0 Å². The molecule has 5 heteroatoms. The molecule has 0 saturated carbocycles. The number of hydrogen-bond acceptors (Lipinski definition) is 3. The monoisotopic (exact) mass is 531 g/mol. The average Bonchev–Trinajstić information content (AvgIpc) is 2.98. The molecule has 0 aliphatic heterocycles. The van der Waals surface area contributed by atoms with Gasteiger partial charge in [-0.25, -0.2) is 4.79 Å². The Morgan fingerprint density at radius 3 is 1.69 bits per heavy atom. The fraction of sp³-hybridized carbons (Fsp3) is 0.118. The van der Waals surface area contributed by atoms with Gasteiger partial charge >= 0.3 is 5.97 Å². The summed E-state index contributed by atoms with van der Waals surface area (Å²) in [5, 5.41) is 15.0. The average molecular weight is 532 g/mol. The van der Waals surface area contributed by atoms with E-state index >= 15 is 0 Å². The molecule has 5 aromatic carbocycles. The van der Waals surface area contributed by atoms with E-state index in [1.54, 1.807) is 0 Å². The quantitative estimate of drug-likeness (QED) is 0.197. The third-order valence-corrected chi connectivity index (χ3v) is 8.51. The van der Waals surface area contributed by atoms with E-state index in [9.17, 15) is 14.7 Å². The topological polar surface area (TPSA) is 66.4 Å². The van der Waals surface area contributed by atoms with Crippen molar-refractivity contribution in [1.82, 2.24) is 5.32 Å². The Labute approximate surface area is 232 Å². The Balaban J connectivity index is 1.45. The lowest BCUT2D eigenvalue weighted by molar-refractivity contribution is -0.141. The van der Waals surface area contributed by atoms with Crippen LogP contribution in [0, 0.1) is 0 Å². The summed E-state index contributed by atoms with van der Waals surface area (Å²) in [5.74, 6) is -1.20. The van der Waals surface area contributed by atoms with E-state index in [0.717, 1.165) is 33.0 Å². The number of rotatable bonds is 10. The Hall–Kier alpha value is -4.35. The minimum Gasteiger partial charge on any atom is -0.480 e. The van der Waals surface area contributed by atoms with E-state index in [1.807, 2.05) is 97.1 Å². The van der Waals surface area contributed by atoms with Crippen molar-refractivity contribution in [3.63, 3.8) is 0 Å². The maximum Gasteiger partial charge on any atom is 0.327 e. The van der Waals surface area contributed by atoms with Gasteiger partial charge in [0.05, 0.1) is 11.2 Å². The highest BCUT2D eigenvalue weighted by molar-refractivity contribution is 8.00. The number of carbonyl (C=O) groups is 2. The number of benzene rings is 5. The zero-order valence-corrected chi connectivity index (χ0v) is 22.2. The van der Waals surface area contributed by atoms with Crippen molar-refractivity contribution in [2.45, 2.75) is 17.2 Å². The summed E-state index contributed by atoms with van der Waals surface area (Å²) in [6.07, 6.45) is 0.108. The molecule has 1 amide bonds. The third kappa shape index (κ3) is 5.74. The van der Waals surface area contributed by atoms with E-state index in [1.165, 1.54) is 11.8 Å². The van der Waals surface area contributed by atoms with Crippen LogP contribution >= 0.6 is 11.8 Å². The van der Waals surface area contributed by atoms with Gasteiger partial charge in [-0.2, -0.15) is 0 Å². The molecule has 0 aliphatic rings. The summed E-state index contributed by atoms with van der Waals surface area (Å²) in [5.41, 5.74) is 3.99. The van der Waals surface area contributed by atoms with Gasteiger partial charge in [0, 0.05) is 5.75 Å². The minimum atomic E-state index is -1.06. The van der Waals surface area contributed by atoms with Gasteiger partial charge in [-0.05, 0) is 33.0 Å². The molecule has 0 fully saturated rings. The van der Waals surface area contributed by atoms with Gasteiger partial charge in [-0.15, -0.1) is 11.8 Å². The first-order valence-electron chi connectivity index (χ1n) is 12.9. The van der Waals surface area contributed by atoms with Gasteiger partial charge in [0.2, 0.25) is 5.91 Å². The standard InChI is InChI=1S/C34H29NO3S/c36-32(23-26-15-12-14-25-13-10-11-22-30(25)26)35-31(33(37)38)24-39-34(27-16-4-1-5-17-27,28-18-6-2-7-19-28)29-20-8-3-9-21-29/h1-22,31H,23-24H2,(H,35,36)(H,37,38). The Kier molecular flexibility index (Phi) is 8.09. The van der Waals surface area contributed by atoms with Crippen molar-refractivity contribution in [3.8, 4) is 0 Å². The van der Waals surface area contributed by atoms with Crippen LogP contribution in [0.4, 0.5) is 0 Å². The Morgan fingerprint density at radius 2 is 1.15 bits per heavy atom. The molecule has 39 heavy (non-hydrogen) atoms. The third-order valence-electron chi connectivity index (χ3n) is 6.87. The highest BCUT2D eigenvalue weighted by Gasteiger charge is 2.38. The lowest BCUT2D eigenvalue weighted by atomic mass is 9.84. The molecular weight excluding hydrogens is 502 g/mol. The van der Waals surface area contributed by atoms with Gasteiger partial charge in [0.1, 0.15) is 6.04 Å². The molecular formula is C34H29NO3S. The molecule has 2 N–H and O–H groups in total. The summed E-state index contributed by atoms with van der Waals surface area (Å²) < 4.78 is -0.669. The second-order valence-electron chi connectivity index (χ2n) is 9.36. The van der Waals surface area contributed by atoms with E-state index in [-0.39, 0.29) is 18.1 Å². The van der Waals surface area contributed by atoms with Crippen LogP contribution in [0.25, 0.3) is 10.8 Å². The van der Waals surface area contributed by atoms with Gasteiger partial charge in [-0.1, -0.05) is 133 Å². The fourth-order valence-corrected chi connectivity index (χ4v) is 6.57. The lowest BCUT2D eigenvalue weighted by Gasteiger charge is -2.36.